The van der Waals surface area contributed by atoms with Crippen molar-refractivity contribution in [3.63, 3.8) is 0 Å². The quantitative estimate of drug-likeness (QED) is 0.681. The Kier molecular flexibility index (Phi) is 6.33. The molecule has 2 aromatic carbocycles. The molecule has 0 saturated carbocycles. The van der Waals surface area contributed by atoms with Gasteiger partial charge in [-0.05, 0) is 18.6 Å². The summed E-state index contributed by atoms with van der Waals surface area (Å²) in [6.07, 6.45) is 1.10. The van der Waals surface area contributed by atoms with Crippen molar-refractivity contribution >= 4 is 34.2 Å². The van der Waals surface area contributed by atoms with E-state index in [2.05, 4.69) is 10.6 Å². The number of carbonyl (C=O) groups excluding carboxylic acids is 2. The number of carboxylic acids is 1. The molecule has 0 unspecified atom stereocenters. The van der Waals surface area contributed by atoms with Gasteiger partial charge in [0.25, 0.3) is 0 Å². The first kappa shape index (κ1) is 18.3. The Hall–Kier alpha value is -3.09. The van der Waals surface area contributed by atoms with Crippen molar-refractivity contribution in [2.75, 3.05) is 18.5 Å². The van der Waals surface area contributed by atoms with Crippen molar-refractivity contribution in [2.24, 2.45) is 0 Å². The van der Waals surface area contributed by atoms with Crippen LogP contribution in [0, 0.1) is 0 Å². The van der Waals surface area contributed by atoms with Crippen molar-refractivity contribution in [1.82, 2.24) is 5.32 Å². The number of carboxylic acid groups (broad SMARTS) is 1. The van der Waals surface area contributed by atoms with E-state index in [9.17, 15) is 14.4 Å². The first-order chi connectivity index (χ1) is 12.0. The van der Waals surface area contributed by atoms with Gasteiger partial charge in [-0.2, -0.15) is 0 Å². The Morgan fingerprint density at radius 1 is 1.04 bits per heavy atom. The van der Waals surface area contributed by atoms with E-state index in [0.29, 0.717) is 23.2 Å². The van der Waals surface area contributed by atoms with E-state index in [4.69, 9.17) is 9.84 Å². The smallest absolute Gasteiger partial charge is 0.341 e. The van der Waals surface area contributed by atoms with Gasteiger partial charge in [-0.15, -0.1) is 0 Å². The van der Waals surface area contributed by atoms with Crippen LogP contribution in [0.4, 0.5) is 5.69 Å². The second-order valence-electron chi connectivity index (χ2n) is 5.41. The third-order valence-electron chi connectivity index (χ3n) is 3.43. The molecule has 2 amide bonds. The lowest BCUT2D eigenvalue weighted by Gasteiger charge is -2.13. The molecule has 132 valence electrons. The molecule has 0 bridgehead atoms. The molecule has 0 aliphatic carbocycles. The van der Waals surface area contributed by atoms with Crippen molar-refractivity contribution < 1.29 is 24.2 Å². The fourth-order valence-electron chi connectivity index (χ4n) is 2.33. The molecule has 0 saturated heterocycles. The predicted octanol–water partition coefficient (Wildman–Crippen LogP) is 2.16. The Bertz CT molecular complexity index is 788. The number of hydrogen-bond donors (Lipinski definition) is 3. The number of carbonyl (C=O) groups is 3. The van der Waals surface area contributed by atoms with Crippen LogP contribution >= 0.6 is 0 Å². The largest absolute Gasteiger partial charge is 0.481 e. The monoisotopic (exact) mass is 344 g/mol. The van der Waals surface area contributed by atoms with E-state index >= 15 is 0 Å². The highest BCUT2D eigenvalue weighted by atomic mass is 16.5. The number of anilines is 1. The van der Waals surface area contributed by atoms with E-state index in [1.807, 2.05) is 13.0 Å². The van der Waals surface area contributed by atoms with Gasteiger partial charge >= 0.3 is 5.97 Å². The van der Waals surface area contributed by atoms with Crippen molar-refractivity contribution in [3.8, 4) is 5.75 Å². The van der Waals surface area contributed by atoms with E-state index in [1.54, 1.807) is 30.3 Å². The van der Waals surface area contributed by atoms with Crippen molar-refractivity contribution in [2.45, 2.75) is 19.8 Å². The van der Waals surface area contributed by atoms with Gasteiger partial charge in [0.2, 0.25) is 11.8 Å². The van der Waals surface area contributed by atoms with Gasteiger partial charge in [0.1, 0.15) is 5.75 Å². The van der Waals surface area contributed by atoms with Crippen LogP contribution in [0.5, 0.6) is 5.75 Å². The molecule has 2 aromatic rings. The fourth-order valence-corrected chi connectivity index (χ4v) is 2.33. The van der Waals surface area contributed by atoms with Gasteiger partial charge in [-0.3, -0.25) is 9.59 Å². The Morgan fingerprint density at radius 2 is 1.76 bits per heavy atom. The summed E-state index contributed by atoms with van der Waals surface area (Å²) in [5.41, 5.74) is 0.563. The minimum atomic E-state index is -1.07. The zero-order chi connectivity index (χ0) is 18.2. The SMILES string of the molecule is CCCC(=O)NCC(=O)Nc1ccc(OCC(=O)O)c2ccccc12. The third-order valence-corrected chi connectivity index (χ3v) is 3.43. The standard InChI is InChI=1S/C18H20N2O5/c1-2-5-16(21)19-10-17(22)20-14-8-9-15(25-11-18(23)24)13-7-4-3-6-12(13)14/h3-4,6-9H,2,5,10-11H2,1H3,(H,19,21)(H,20,22)(H,23,24). The molecule has 0 spiro atoms. The summed E-state index contributed by atoms with van der Waals surface area (Å²) in [6.45, 7) is 1.34. The second-order valence-corrected chi connectivity index (χ2v) is 5.41. The summed E-state index contributed by atoms with van der Waals surface area (Å²) in [6, 6.07) is 10.4. The number of fused-ring (bicyclic) bond motifs is 1. The molecule has 3 N–H and O–H groups in total. The normalized spacial score (nSPS) is 10.3. The zero-order valence-corrected chi connectivity index (χ0v) is 13.9. The molecule has 25 heavy (non-hydrogen) atoms. The van der Waals surface area contributed by atoms with Gasteiger partial charge in [0.05, 0.1) is 6.54 Å². The number of rotatable bonds is 8. The lowest BCUT2D eigenvalue weighted by Crippen LogP contribution is -2.32. The first-order valence-corrected chi connectivity index (χ1v) is 7.94. The molecule has 2 rings (SSSR count). The van der Waals surface area contributed by atoms with Crippen LogP contribution in [0.15, 0.2) is 36.4 Å². The van der Waals surface area contributed by atoms with Crippen molar-refractivity contribution in [1.29, 1.82) is 0 Å². The molecule has 0 heterocycles. The van der Waals surface area contributed by atoms with Crippen LogP contribution in [0.2, 0.25) is 0 Å². The highest BCUT2D eigenvalue weighted by molar-refractivity contribution is 6.05. The summed E-state index contributed by atoms with van der Waals surface area (Å²) in [7, 11) is 0. The highest BCUT2D eigenvalue weighted by Crippen LogP contribution is 2.31. The number of benzene rings is 2. The number of amides is 2. The number of nitrogens with one attached hydrogen (secondary N) is 2. The predicted molar refractivity (Wildman–Crippen MR) is 93.6 cm³/mol. The highest BCUT2D eigenvalue weighted by Gasteiger charge is 2.11. The Balaban J connectivity index is 2.13. The van der Waals surface area contributed by atoms with Crippen LogP contribution in [0.1, 0.15) is 19.8 Å². The lowest BCUT2D eigenvalue weighted by molar-refractivity contribution is -0.139. The van der Waals surface area contributed by atoms with Crippen LogP contribution in [-0.4, -0.2) is 36.0 Å². The number of hydrogen-bond acceptors (Lipinski definition) is 4. The molecule has 0 radical (unpaired) electrons. The fraction of sp³-hybridized carbons (Fsp3) is 0.278. The van der Waals surface area contributed by atoms with Crippen LogP contribution in [0.25, 0.3) is 10.8 Å². The molecule has 0 fully saturated rings. The molecule has 0 aliphatic rings. The van der Waals surface area contributed by atoms with Gasteiger partial charge in [-0.25, -0.2) is 4.79 Å². The molecule has 0 aromatic heterocycles. The number of aliphatic carboxylic acids is 1. The molecular weight excluding hydrogens is 324 g/mol. The maximum absolute atomic E-state index is 12.0. The zero-order valence-electron chi connectivity index (χ0n) is 13.9. The molecule has 7 heteroatoms. The maximum Gasteiger partial charge on any atom is 0.341 e. The van der Waals surface area contributed by atoms with Crippen molar-refractivity contribution in [3.05, 3.63) is 36.4 Å². The van der Waals surface area contributed by atoms with E-state index in [1.165, 1.54) is 0 Å². The second kappa shape index (κ2) is 8.68. The van der Waals surface area contributed by atoms with Crippen LogP contribution in [-0.2, 0) is 14.4 Å². The summed E-state index contributed by atoms with van der Waals surface area (Å²) in [5.74, 6) is -1.15. The van der Waals surface area contributed by atoms with Crippen LogP contribution < -0.4 is 15.4 Å². The van der Waals surface area contributed by atoms with Gasteiger partial charge in [-0.1, -0.05) is 31.2 Å². The van der Waals surface area contributed by atoms with E-state index < -0.39 is 12.6 Å². The average molecular weight is 344 g/mol. The topological polar surface area (TPSA) is 105 Å². The minimum absolute atomic E-state index is 0.107. The summed E-state index contributed by atoms with van der Waals surface area (Å²) < 4.78 is 5.28. The Morgan fingerprint density at radius 3 is 2.44 bits per heavy atom. The average Bonchev–Trinajstić information content (AvgIpc) is 2.59. The maximum atomic E-state index is 12.0. The first-order valence-electron chi connectivity index (χ1n) is 7.94. The summed E-state index contributed by atoms with van der Waals surface area (Å²) in [5, 5.41) is 15.5. The van der Waals surface area contributed by atoms with E-state index in [0.717, 1.165) is 11.8 Å². The van der Waals surface area contributed by atoms with Gasteiger partial charge in [0, 0.05) is 22.9 Å². The lowest BCUT2D eigenvalue weighted by atomic mass is 10.1. The number of ether oxygens (including phenoxy) is 1. The Labute approximate surface area is 145 Å². The minimum Gasteiger partial charge on any atom is -0.481 e. The third kappa shape index (κ3) is 5.20. The van der Waals surface area contributed by atoms with Gasteiger partial charge in [0.15, 0.2) is 6.61 Å². The van der Waals surface area contributed by atoms with Crippen LogP contribution in [0.3, 0.4) is 0 Å². The van der Waals surface area contributed by atoms with E-state index in [-0.39, 0.29) is 18.4 Å². The molecule has 7 nitrogen and oxygen atoms in total. The molecular formula is C18H20N2O5. The van der Waals surface area contributed by atoms with Gasteiger partial charge < -0.3 is 20.5 Å². The molecule has 0 aliphatic heterocycles. The summed E-state index contributed by atoms with van der Waals surface area (Å²) in [4.78, 5) is 34.1. The summed E-state index contributed by atoms with van der Waals surface area (Å²) >= 11 is 0. The molecule has 0 atom stereocenters.